The predicted octanol–water partition coefficient (Wildman–Crippen LogP) is 3.54. The number of halogens is 1. The first-order valence-electron chi connectivity index (χ1n) is 6.82. The molecule has 1 atom stereocenters. The monoisotopic (exact) mass is 329 g/mol. The number of nitrogens with one attached hydrogen (secondary N) is 1. The molecule has 0 saturated carbocycles. The van der Waals surface area contributed by atoms with Crippen molar-refractivity contribution < 1.29 is 9.47 Å². The fourth-order valence-corrected chi connectivity index (χ4v) is 1.96. The quantitative estimate of drug-likeness (QED) is 0.703. The molecule has 1 N–H and O–H groups in total. The number of ether oxygens (including phenoxy) is 2. The normalized spacial score (nSPS) is 12.9. The van der Waals surface area contributed by atoms with Gasteiger partial charge in [0.25, 0.3) is 0 Å². The minimum Gasteiger partial charge on any atom is -0.376 e. The fourth-order valence-electron chi connectivity index (χ4n) is 1.70. The molecule has 0 fully saturated rings. The van der Waals surface area contributed by atoms with Gasteiger partial charge in [-0.25, -0.2) is 0 Å². The van der Waals surface area contributed by atoms with Crippen LogP contribution >= 0.6 is 15.9 Å². The fraction of sp³-hybridized carbons (Fsp3) is 0.600. The molecule has 1 unspecified atom stereocenters. The third kappa shape index (κ3) is 7.06. The summed E-state index contributed by atoms with van der Waals surface area (Å²) in [6, 6.07) is 8.27. The van der Waals surface area contributed by atoms with Crippen molar-refractivity contribution in [3.05, 3.63) is 34.3 Å². The van der Waals surface area contributed by atoms with Gasteiger partial charge in [-0.1, -0.05) is 35.0 Å². The highest BCUT2D eigenvalue weighted by Gasteiger charge is 2.11. The lowest BCUT2D eigenvalue weighted by molar-refractivity contribution is -0.0128. The van der Waals surface area contributed by atoms with Gasteiger partial charge in [-0.2, -0.15) is 0 Å². The minimum absolute atomic E-state index is 0.0730. The molecule has 0 radical (unpaired) electrons. The maximum Gasteiger partial charge on any atom is 0.0950 e. The van der Waals surface area contributed by atoms with E-state index in [-0.39, 0.29) is 12.2 Å². The van der Waals surface area contributed by atoms with Gasteiger partial charge in [0.15, 0.2) is 0 Å². The number of rotatable bonds is 9. The molecule has 108 valence electrons. The summed E-state index contributed by atoms with van der Waals surface area (Å²) < 4.78 is 12.5. The van der Waals surface area contributed by atoms with Gasteiger partial charge in [0.05, 0.1) is 25.4 Å². The highest BCUT2D eigenvalue weighted by atomic mass is 79.9. The molecule has 0 spiro atoms. The Hall–Kier alpha value is -0.420. The number of hydrogen-bond acceptors (Lipinski definition) is 3. The number of benzene rings is 1. The van der Waals surface area contributed by atoms with Crippen LogP contribution in [0.4, 0.5) is 0 Å². The van der Waals surface area contributed by atoms with Crippen molar-refractivity contribution in [2.75, 3.05) is 26.3 Å². The average Bonchev–Trinajstić information content (AvgIpc) is 2.39. The lowest BCUT2D eigenvalue weighted by atomic mass is 10.1. The van der Waals surface area contributed by atoms with E-state index in [1.807, 2.05) is 26.0 Å². The molecular weight excluding hydrogens is 306 g/mol. The molecule has 0 aromatic heterocycles. The molecule has 1 aromatic carbocycles. The molecule has 0 aliphatic rings. The van der Waals surface area contributed by atoms with E-state index in [4.69, 9.17) is 9.47 Å². The third-order valence-corrected chi connectivity index (χ3v) is 3.20. The Labute approximate surface area is 124 Å². The van der Waals surface area contributed by atoms with Crippen LogP contribution in [0.15, 0.2) is 28.7 Å². The Bertz CT molecular complexity index is 341. The maximum absolute atomic E-state index is 5.92. The molecule has 0 aliphatic heterocycles. The summed E-state index contributed by atoms with van der Waals surface area (Å²) >= 11 is 3.45. The van der Waals surface area contributed by atoms with Gasteiger partial charge in [-0.05, 0) is 38.1 Å². The van der Waals surface area contributed by atoms with Crippen molar-refractivity contribution in [2.24, 2.45) is 0 Å². The maximum atomic E-state index is 5.92. The second-order valence-corrected chi connectivity index (χ2v) is 5.55. The summed E-state index contributed by atoms with van der Waals surface area (Å²) in [5, 5.41) is 3.33. The standard InChI is InChI=1S/C15H24BrNO2/c1-4-17-11-15(19-10-9-18-12(2)3)13-5-7-14(16)8-6-13/h5-8,12,15,17H,4,9-11H2,1-3H3. The smallest absolute Gasteiger partial charge is 0.0950 e. The molecule has 19 heavy (non-hydrogen) atoms. The SMILES string of the molecule is CCNCC(OCCOC(C)C)c1ccc(Br)cc1. The molecule has 1 aromatic rings. The van der Waals surface area contributed by atoms with E-state index in [9.17, 15) is 0 Å². The van der Waals surface area contributed by atoms with Crippen LogP contribution in [0.5, 0.6) is 0 Å². The molecule has 1 rings (SSSR count). The lowest BCUT2D eigenvalue weighted by Crippen LogP contribution is -2.24. The Morgan fingerprint density at radius 2 is 1.74 bits per heavy atom. The van der Waals surface area contributed by atoms with Crippen molar-refractivity contribution in [1.82, 2.24) is 5.32 Å². The molecular formula is C15H24BrNO2. The summed E-state index contributed by atoms with van der Waals surface area (Å²) in [6.07, 6.45) is 0.326. The predicted molar refractivity (Wildman–Crippen MR) is 82.5 cm³/mol. The van der Waals surface area contributed by atoms with Crippen molar-refractivity contribution in [1.29, 1.82) is 0 Å². The third-order valence-electron chi connectivity index (χ3n) is 2.68. The van der Waals surface area contributed by atoms with E-state index < -0.39 is 0 Å². The molecule has 4 heteroatoms. The topological polar surface area (TPSA) is 30.5 Å². The lowest BCUT2D eigenvalue weighted by Gasteiger charge is -2.19. The molecule has 0 amide bonds. The van der Waals surface area contributed by atoms with Crippen LogP contribution in [0.2, 0.25) is 0 Å². The van der Waals surface area contributed by atoms with E-state index >= 15 is 0 Å². The zero-order chi connectivity index (χ0) is 14.1. The number of hydrogen-bond donors (Lipinski definition) is 1. The average molecular weight is 330 g/mol. The van der Waals surface area contributed by atoms with Gasteiger partial charge in [0.1, 0.15) is 0 Å². The van der Waals surface area contributed by atoms with Gasteiger partial charge in [0.2, 0.25) is 0 Å². The van der Waals surface area contributed by atoms with Gasteiger partial charge < -0.3 is 14.8 Å². The van der Waals surface area contributed by atoms with E-state index in [0.717, 1.165) is 17.6 Å². The van der Waals surface area contributed by atoms with E-state index in [1.54, 1.807) is 0 Å². The summed E-state index contributed by atoms with van der Waals surface area (Å²) in [6.45, 7) is 9.18. The highest BCUT2D eigenvalue weighted by Crippen LogP contribution is 2.19. The van der Waals surface area contributed by atoms with E-state index in [2.05, 4.69) is 40.3 Å². The Morgan fingerprint density at radius 3 is 2.32 bits per heavy atom. The molecule has 0 aliphatic carbocycles. The van der Waals surface area contributed by atoms with Crippen LogP contribution < -0.4 is 5.32 Å². The Morgan fingerprint density at radius 1 is 1.11 bits per heavy atom. The van der Waals surface area contributed by atoms with Crippen LogP contribution in [-0.2, 0) is 9.47 Å². The van der Waals surface area contributed by atoms with Crippen LogP contribution in [0.3, 0.4) is 0 Å². The summed E-state index contributed by atoms with van der Waals surface area (Å²) in [4.78, 5) is 0. The Balaban J connectivity index is 2.48. The minimum atomic E-state index is 0.0730. The van der Waals surface area contributed by atoms with Gasteiger partial charge in [-0.3, -0.25) is 0 Å². The second kappa shape index (κ2) is 9.48. The molecule has 0 bridgehead atoms. The summed E-state index contributed by atoms with van der Waals surface area (Å²) in [5.41, 5.74) is 1.19. The van der Waals surface area contributed by atoms with Crippen molar-refractivity contribution in [3.63, 3.8) is 0 Å². The van der Waals surface area contributed by atoms with E-state index in [1.165, 1.54) is 5.56 Å². The first-order chi connectivity index (χ1) is 9.13. The van der Waals surface area contributed by atoms with Crippen LogP contribution in [0.25, 0.3) is 0 Å². The molecule has 3 nitrogen and oxygen atoms in total. The largest absolute Gasteiger partial charge is 0.376 e. The zero-order valence-electron chi connectivity index (χ0n) is 12.0. The summed E-state index contributed by atoms with van der Waals surface area (Å²) in [7, 11) is 0. The van der Waals surface area contributed by atoms with Crippen molar-refractivity contribution in [3.8, 4) is 0 Å². The van der Waals surface area contributed by atoms with Crippen molar-refractivity contribution >= 4 is 15.9 Å². The van der Waals surface area contributed by atoms with Crippen molar-refractivity contribution in [2.45, 2.75) is 33.0 Å². The second-order valence-electron chi connectivity index (χ2n) is 4.64. The Kier molecular flexibility index (Phi) is 8.30. The molecule has 0 heterocycles. The van der Waals surface area contributed by atoms with Gasteiger partial charge in [0, 0.05) is 11.0 Å². The first kappa shape index (κ1) is 16.6. The zero-order valence-corrected chi connectivity index (χ0v) is 13.6. The first-order valence-corrected chi connectivity index (χ1v) is 7.62. The highest BCUT2D eigenvalue weighted by molar-refractivity contribution is 9.10. The van der Waals surface area contributed by atoms with Gasteiger partial charge in [-0.15, -0.1) is 0 Å². The van der Waals surface area contributed by atoms with Crippen LogP contribution in [-0.4, -0.2) is 32.4 Å². The van der Waals surface area contributed by atoms with Crippen LogP contribution in [0.1, 0.15) is 32.4 Å². The summed E-state index contributed by atoms with van der Waals surface area (Å²) in [5.74, 6) is 0. The number of likely N-dealkylation sites (N-methyl/N-ethyl adjacent to an activating group) is 1. The molecule has 0 saturated heterocycles. The van der Waals surface area contributed by atoms with E-state index in [0.29, 0.717) is 13.2 Å². The van der Waals surface area contributed by atoms with Gasteiger partial charge >= 0.3 is 0 Å². The van der Waals surface area contributed by atoms with Crippen LogP contribution in [0, 0.1) is 0 Å².